The molecule has 0 aliphatic rings. The van der Waals surface area contributed by atoms with E-state index in [9.17, 15) is 13.6 Å². The molecular weight excluding hydrogens is 420 g/mol. The molecule has 14 heavy (non-hydrogen) atoms. The molecule has 0 aliphatic heterocycles. The highest BCUT2D eigenvalue weighted by Crippen LogP contribution is 2.29. The van der Waals surface area contributed by atoms with Crippen molar-refractivity contribution in [3.63, 3.8) is 0 Å². The molecule has 2 N–H and O–H groups in total. The Balaban J connectivity index is 3.41. The molecule has 1 heterocycles. The quantitative estimate of drug-likeness (QED) is 0.742. The smallest absolute Gasteiger partial charge is 0.268 e. The highest BCUT2D eigenvalue weighted by molar-refractivity contribution is 14.1. The number of halogens is 4. The second kappa shape index (κ2) is 4.64. The monoisotopic (exact) mass is 424 g/mol. The standard InChI is InChI=1S/C7H4F2I2N2O/c8-6(9)3-2(10)1-13-5(4(3)11)7(12)14/h1,6H,(H2,12,14). The summed E-state index contributed by atoms with van der Waals surface area (Å²) in [6.45, 7) is 0. The molecule has 0 aliphatic carbocycles. The summed E-state index contributed by atoms with van der Waals surface area (Å²) >= 11 is 3.39. The van der Waals surface area contributed by atoms with E-state index in [1.165, 1.54) is 6.20 Å². The number of nitrogens with two attached hydrogens (primary N) is 1. The zero-order valence-electron chi connectivity index (χ0n) is 6.60. The van der Waals surface area contributed by atoms with Gasteiger partial charge in [-0.25, -0.2) is 13.8 Å². The molecule has 1 aromatic heterocycles. The molecule has 0 aromatic carbocycles. The van der Waals surface area contributed by atoms with Gasteiger partial charge in [0.05, 0.1) is 3.57 Å². The van der Waals surface area contributed by atoms with Gasteiger partial charge in [0.1, 0.15) is 5.69 Å². The third kappa shape index (κ3) is 2.30. The maximum absolute atomic E-state index is 12.5. The van der Waals surface area contributed by atoms with E-state index in [-0.39, 0.29) is 14.8 Å². The average Bonchev–Trinajstić information content (AvgIpc) is 2.02. The van der Waals surface area contributed by atoms with Crippen LogP contribution in [0.1, 0.15) is 22.5 Å². The summed E-state index contributed by atoms with van der Waals surface area (Å²) in [6.07, 6.45) is -1.42. The van der Waals surface area contributed by atoms with Crippen LogP contribution >= 0.6 is 45.2 Å². The Labute approximate surface area is 106 Å². The number of nitrogens with zero attached hydrogens (tertiary/aromatic N) is 1. The van der Waals surface area contributed by atoms with Crippen LogP contribution in [0.5, 0.6) is 0 Å². The van der Waals surface area contributed by atoms with Crippen molar-refractivity contribution in [1.29, 1.82) is 0 Å². The Hall–Kier alpha value is -0.0600. The van der Waals surface area contributed by atoms with Crippen molar-refractivity contribution in [2.75, 3.05) is 0 Å². The van der Waals surface area contributed by atoms with Crippen molar-refractivity contribution in [2.24, 2.45) is 5.73 Å². The van der Waals surface area contributed by atoms with Gasteiger partial charge in [0.15, 0.2) is 0 Å². The molecule has 0 spiro atoms. The van der Waals surface area contributed by atoms with E-state index in [1.807, 2.05) is 0 Å². The first-order valence-electron chi connectivity index (χ1n) is 3.37. The van der Waals surface area contributed by atoms with Crippen LogP contribution in [-0.2, 0) is 0 Å². The predicted molar refractivity (Wildman–Crippen MR) is 63.1 cm³/mol. The molecule has 3 nitrogen and oxygen atoms in total. The first-order chi connectivity index (χ1) is 6.45. The normalized spacial score (nSPS) is 10.6. The summed E-state index contributed by atoms with van der Waals surface area (Å²) in [5, 5.41) is 0. The highest BCUT2D eigenvalue weighted by Gasteiger charge is 2.21. The van der Waals surface area contributed by atoms with E-state index >= 15 is 0 Å². The molecule has 0 unspecified atom stereocenters. The molecule has 1 amide bonds. The molecule has 0 bridgehead atoms. The molecule has 1 aromatic rings. The lowest BCUT2D eigenvalue weighted by atomic mass is 10.2. The molecule has 7 heteroatoms. The van der Waals surface area contributed by atoms with Crippen molar-refractivity contribution in [1.82, 2.24) is 4.98 Å². The van der Waals surface area contributed by atoms with E-state index in [2.05, 4.69) is 4.98 Å². The second-order valence-corrected chi connectivity index (χ2v) is 4.59. The largest absolute Gasteiger partial charge is 0.364 e. The van der Waals surface area contributed by atoms with Crippen LogP contribution in [0, 0.1) is 7.14 Å². The molecular formula is C7H4F2I2N2O. The topological polar surface area (TPSA) is 56.0 Å². The molecule has 0 saturated heterocycles. The number of amides is 1. The number of carbonyl (C=O) groups is 1. The molecule has 76 valence electrons. The van der Waals surface area contributed by atoms with Gasteiger partial charge < -0.3 is 5.73 Å². The van der Waals surface area contributed by atoms with Crippen LogP contribution in [-0.4, -0.2) is 10.9 Å². The van der Waals surface area contributed by atoms with Crippen LogP contribution in [0.3, 0.4) is 0 Å². The fourth-order valence-corrected chi connectivity index (χ4v) is 2.94. The summed E-state index contributed by atoms with van der Waals surface area (Å²) in [4.78, 5) is 14.5. The van der Waals surface area contributed by atoms with E-state index in [4.69, 9.17) is 5.73 Å². The lowest BCUT2D eigenvalue weighted by Crippen LogP contribution is -2.16. The van der Waals surface area contributed by atoms with Crippen LogP contribution in [0.2, 0.25) is 0 Å². The predicted octanol–water partition coefficient (Wildman–Crippen LogP) is 2.33. The maximum Gasteiger partial charge on any atom is 0.268 e. The zero-order valence-corrected chi connectivity index (χ0v) is 10.9. The van der Waals surface area contributed by atoms with Crippen LogP contribution in [0.4, 0.5) is 8.78 Å². The van der Waals surface area contributed by atoms with Gasteiger partial charge in [0.25, 0.3) is 12.3 Å². The fraction of sp³-hybridized carbons (Fsp3) is 0.143. The van der Waals surface area contributed by atoms with Gasteiger partial charge in [0.2, 0.25) is 0 Å². The fourth-order valence-electron chi connectivity index (χ4n) is 0.852. The molecule has 1 rings (SSSR count). The summed E-state index contributed by atoms with van der Waals surface area (Å²) in [6, 6.07) is 0. The summed E-state index contributed by atoms with van der Waals surface area (Å²) < 4.78 is 25.5. The number of rotatable bonds is 2. The third-order valence-electron chi connectivity index (χ3n) is 1.46. The second-order valence-electron chi connectivity index (χ2n) is 2.35. The minimum atomic E-state index is -2.63. The Bertz CT molecular complexity index is 384. The van der Waals surface area contributed by atoms with Gasteiger partial charge in [0, 0.05) is 15.3 Å². The Morgan fingerprint density at radius 1 is 1.50 bits per heavy atom. The molecule has 0 saturated carbocycles. The first-order valence-corrected chi connectivity index (χ1v) is 5.52. The zero-order chi connectivity index (χ0) is 10.9. The van der Waals surface area contributed by atoms with Gasteiger partial charge in [-0.3, -0.25) is 4.79 Å². The van der Waals surface area contributed by atoms with Crippen LogP contribution in [0.25, 0.3) is 0 Å². The van der Waals surface area contributed by atoms with Crippen LogP contribution in [0.15, 0.2) is 6.20 Å². The molecule has 0 radical (unpaired) electrons. The van der Waals surface area contributed by atoms with Gasteiger partial charge in [-0.05, 0) is 45.2 Å². The number of carbonyl (C=O) groups excluding carboxylic acids is 1. The number of hydrogen-bond donors (Lipinski definition) is 1. The van der Waals surface area contributed by atoms with Crippen molar-refractivity contribution >= 4 is 51.1 Å². The average molecular weight is 424 g/mol. The number of hydrogen-bond acceptors (Lipinski definition) is 2. The first kappa shape index (κ1) is 12.0. The van der Waals surface area contributed by atoms with Gasteiger partial charge >= 0.3 is 0 Å². The van der Waals surface area contributed by atoms with Crippen molar-refractivity contribution in [2.45, 2.75) is 6.43 Å². The minimum absolute atomic E-state index is 0.110. The highest BCUT2D eigenvalue weighted by atomic mass is 127. The Morgan fingerprint density at radius 2 is 2.07 bits per heavy atom. The molecule has 0 atom stereocenters. The van der Waals surface area contributed by atoms with Gasteiger partial charge in [-0.15, -0.1) is 0 Å². The van der Waals surface area contributed by atoms with E-state index < -0.39 is 12.3 Å². The summed E-state index contributed by atoms with van der Waals surface area (Å²) in [7, 11) is 0. The number of aromatic nitrogens is 1. The number of pyridine rings is 1. The number of alkyl halides is 2. The van der Waals surface area contributed by atoms with Gasteiger partial charge in [-0.1, -0.05) is 0 Å². The lowest BCUT2D eigenvalue weighted by molar-refractivity contribution is 0.0993. The van der Waals surface area contributed by atoms with Crippen LogP contribution < -0.4 is 5.73 Å². The number of primary amides is 1. The maximum atomic E-state index is 12.5. The van der Waals surface area contributed by atoms with E-state index in [0.717, 1.165) is 0 Å². The van der Waals surface area contributed by atoms with Crippen molar-refractivity contribution < 1.29 is 13.6 Å². The summed E-state index contributed by atoms with van der Waals surface area (Å²) in [5.41, 5.74) is 4.69. The van der Waals surface area contributed by atoms with Crippen molar-refractivity contribution in [3.05, 3.63) is 24.6 Å². The van der Waals surface area contributed by atoms with E-state index in [1.54, 1.807) is 45.2 Å². The Kier molecular flexibility index (Phi) is 3.98. The third-order valence-corrected chi connectivity index (χ3v) is 3.41. The van der Waals surface area contributed by atoms with Gasteiger partial charge in [-0.2, -0.15) is 0 Å². The Morgan fingerprint density at radius 3 is 2.50 bits per heavy atom. The van der Waals surface area contributed by atoms with Crippen molar-refractivity contribution in [3.8, 4) is 0 Å². The SMILES string of the molecule is NC(=O)c1ncc(I)c(C(F)F)c1I. The minimum Gasteiger partial charge on any atom is -0.364 e. The summed E-state index contributed by atoms with van der Waals surface area (Å²) in [5.74, 6) is -0.798. The molecule has 0 fully saturated rings. The van der Waals surface area contributed by atoms with E-state index in [0.29, 0.717) is 3.57 Å². The lowest BCUT2D eigenvalue weighted by Gasteiger charge is -2.08.